The summed E-state index contributed by atoms with van der Waals surface area (Å²) in [6, 6.07) is 9.58. The molecule has 2 fully saturated rings. The second kappa shape index (κ2) is 5.64. The summed E-state index contributed by atoms with van der Waals surface area (Å²) in [7, 11) is 0. The van der Waals surface area contributed by atoms with Gasteiger partial charge < -0.3 is 10.2 Å². The molecule has 0 aliphatic carbocycles. The van der Waals surface area contributed by atoms with Crippen LogP contribution in [0.1, 0.15) is 28.9 Å². The predicted molar refractivity (Wildman–Crippen MR) is 86.9 cm³/mol. The van der Waals surface area contributed by atoms with Gasteiger partial charge in [-0.05, 0) is 37.4 Å². The van der Waals surface area contributed by atoms with Crippen LogP contribution in [0.5, 0.6) is 0 Å². The molecule has 23 heavy (non-hydrogen) atoms. The normalized spacial score (nSPS) is 26.0. The van der Waals surface area contributed by atoms with Crippen LogP contribution < -0.4 is 5.32 Å². The third-order valence-electron chi connectivity index (χ3n) is 4.92. The van der Waals surface area contributed by atoms with Gasteiger partial charge in [0.05, 0.1) is 11.6 Å². The molecule has 0 radical (unpaired) electrons. The van der Waals surface area contributed by atoms with E-state index in [1.807, 2.05) is 12.1 Å². The molecule has 2 aromatic rings. The molecule has 1 amide bonds. The molecule has 1 aromatic heterocycles. The fourth-order valence-corrected chi connectivity index (χ4v) is 3.82. The first-order chi connectivity index (χ1) is 11.2. The largest absolute Gasteiger partial charge is 0.347 e. The quantitative estimate of drug-likeness (QED) is 0.920. The SMILES string of the molecule is N#Cc1cccc2cnc(C(=O)NC3CC4CCN(C4)C3)cc12. The van der Waals surface area contributed by atoms with Gasteiger partial charge in [-0.1, -0.05) is 12.1 Å². The number of pyridine rings is 1. The number of nitrogens with one attached hydrogen (secondary N) is 1. The van der Waals surface area contributed by atoms with Gasteiger partial charge in [-0.2, -0.15) is 5.26 Å². The van der Waals surface area contributed by atoms with Crippen molar-refractivity contribution in [2.75, 3.05) is 19.6 Å². The Balaban J connectivity index is 1.56. The van der Waals surface area contributed by atoms with Crippen molar-refractivity contribution < 1.29 is 4.79 Å². The van der Waals surface area contributed by atoms with Crippen LogP contribution in [0.4, 0.5) is 0 Å². The Labute approximate surface area is 134 Å². The zero-order chi connectivity index (χ0) is 15.8. The van der Waals surface area contributed by atoms with E-state index < -0.39 is 0 Å². The van der Waals surface area contributed by atoms with Gasteiger partial charge in [0, 0.05) is 36.1 Å². The van der Waals surface area contributed by atoms with Gasteiger partial charge in [0.15, 0.2) is 0 Å². The third-order valence-corrected chi connectivity index (χ3v) is 4.92. The molecule has 116 valence electrons. The average molecular weight is 306 g/mol. The number of nitrogens with zero attached hydrogens (tertiary/aromatic N) is 3. The first-order valence-corrected chi connectivity index (χ1v) is 8.05. The van der Waals surface area contributed by atoms with E-state index in [1.165, 1.54) is 13.0 Å². The first kappa shape index (κ1) is 14.2. The molecule has 5 heteroatoms. The first-order valence-electron chi connectivity index (χ1n) is 8.05. The summed E-state index contributed by atoms with van der Waals surface area (Å²) in [6.45, 7) is 3.25. The Hall–Kier alpha value is -2.45. The summed E-state index contributed by atoms with van der Waals surface area (Å²) in [5.74, 6) is 0.566. The van der Waals surface area contributed by atoms with Crippen molar-refractivity contribution in [3.63, 3.8) is 0 Å². The lowest BCUT2D eigenvalue weighted by atomic mass is 9.96. The maximum Gasteiger partial charge on any atom is 0.270 e. The minimum Gasteiger partial charge on any atom is -0.347 e. The summed E-state index contributed by atoms with van der Waals surface area (Å²) >= 11 is 0. The second-order valence-electron chi connectivity index (χ2n) is 6.53. The monoisotopic (exact) mass is 306 g/mol. The third kappa shape index (κ3) is 2.66. The Morgan fingerprint density at radius 3 is 3.13 bits per heavy atom. The summed E-state index contributed by atoms with van der Waals surface area (Å²) in [4.78, 5) is 19.2. The van der Waals surface area contributed by atoms with Gasteiger partial charge in [-0.3, -0.25) is 9.78 Å². The van der Waals surface area contributed by atoms with Crippen LogP contribution in [0, 0.1) is 17.2 Å². The zero-order valence-electron chi connectivity index (χ0n) is 12.8. The highest BCUT2D eigenvalue weighted by atomic mass is 16.1. The lowest BCUT2D eigenvalue weighted by Crippen LogP contribution is -2.47. The van der Waals surface area contributed by atoms with Crippen molar-refractivity contribution in [3.05, 3.63) is 41.7 Å². The lowest BCUT2D eigenvalue weighted by Gasteiger charge is -2.30. The lowest BCUT2D eigenvalue weighted by molar-refractivity contribution is 0.0904. The van der Waals surface area contributed by atoms with Crippen molar-refractivity contribution in [3.8, 4) is 6.07 Å². The number of carbonyl (C=O) groups excluding carboxylic acids is 1. The Kier molecular flexibility index (Phi) is 3.47. The predicted octanol–water partition coefficient (Wildman–Crippen LogP) is 1.93. The molecule has 0 spiro atoms. The number of amides is 1. The number of rotatable bonds is 2. The molecule has 4 rings (SSSR count). The second-order valence-corrected chi connectivity index (χ2v) is 6.53. The van der Waals surface area contributed by atoms with Crippen LogP contribution in [-0.4, -0.2) is 41.5 Å². The van der Waals surface area contributed by atoms with Crippen molar-refractivity contribution in [1.29, 1.82) is 5.26 Å². The molecule has 3 unspecified atom stereocenters. The molecule has 1 aromatic carbocycles. The molecule has 3 atom stereocenters. The topological polar surface area (TPSA) is 69.0 Å². The standard InChI is InChI=1S/C18H18N4O/c19-8-13-2-1-3-14-9-20-17(7-16(13)14)18(23)21-15-6-12-4-5-22(10-12)11-15/h1-3,7,9,12,15H,4-6,10-11H2,(H,21,23). The molecule has 2 saturated heterocycles. The van der Waals surface area contributed by atoms with E-state index in [0.29, 0.717) is 17.2 Å². The van der Waals surface area contributed by atoms with E-state index in [4.69, 9.17) is 0 Å². The van der Waals surface area contributed by atoms with Gasteiger partial charge in [-0.15, -0.1) is 0 Å². The summed E-state index contributed by atoms with van der Waals surface area (Å²) in [5.41, 5.74) is 0.953. The van der Waals surface area contributed by atoms with Crippen LogP contribution >= 0.6 is 0 Å². The molecule has 2 aliphatic rings. The molecular formula is C18H18N4O. The Morgan fingerprint density at radius 2 is 2.30 bits per heavy atom. The van der Waals surface area contributed by atoms with Crippen LogP contribution in [0.25, 0.3) is 10.8 Å². The number of piperidine rings is 1. The van der Waals surface area contributed by atoms with E-state index in [0.717, 1.165) is 30.3 Å². The van der Waals surface area contributed by atoms with Crippen LogP contribution in [-0.2, 0) is 0 Å². The van der Waals surface area contributed by atoms with E-state index in [9.17, 15) is 10.1 Å². The number of benzene rings is 1. The molecule has 2 bridgehead atoms. The summed E-state index contributed by atoms with van der Waals surface area (Å²) < 4.78 is 0. The van der Waals surface area contributed by atoms with Gasteiger partial charge in [-0.25, -0.2) is 0 Å². The minimum atomic E-state index is -0.146. The summed E-state index contributed by atoms with van der Waals surface area (Å²) in [5, 5.41) is 14.0. The maximum atomic E-state index is 12.5. The van der Waals surface area contributed by atoms with Crippen LogP contribution in [0.15, 0.2) is 30.5 Å². The van der Waals surface area contributed by atoms with Crippen molar-refractivity contribution in [2.45, 2.75) is 18.9 Å². The highest BCUT2D eigenvalue weighted by Crippen LogP contribution is 2.27. The molecule has 5 nitrogen and oxygen atoms in total. The van der Waals surface area contributed by atoms with Gasteiger partial charge >= 0.3 is 0 Å². The number of hydrogen-bond acceptors (Lipinski definition) is 4. The van der Waals surface area contributed by atoms with E-state index in [-0.39, 0.29) is 11.9 Å². The smallest absolute Gasteiger partial charge is 0.270 e. The number of hydrogen-bond donors (Lipinski definition) is 1. The summed E-state index contributed by atoms with van der Waals surface area (Å²) in [6.07, 6.45) is 3.96. The van der Waals surface area contributed by atoms with Crippen LogP contribution in [0.3, 0.4) is 0 Å². The maximum absolute atomic E-state index is 12.5. The molecule has 1 N–H and O–H groups in total. The molecule has 0 saturated carbocycles. The number of aromatic nitrogens is 1. The highest BCUT2D eigenvalue weighted by molar-refractivity contribution is 5.97. The fraction of sp³-hybridized carbons (Fsp3) is 0.389. The Morgan fingerprint density at radius 1 is 1.39 bits per heavy atom. The van der Waals surface area contributed by atoms with Crippen molar-refractivity contribution >= 4 is 16.7 Å². The molecular weight excluding hydrogens is 288 g/mol. The fourth-order valence-electron chi connectivity index (χ4n) is 3.82. The number of carbonyl (C=O) groups is 1. The van der Waals surface area contributed by atoms with Gasteiger partial charge in [0.2, 0.25) is 0 Å². The average Bonchev–Trinajstić information content (AvgIpc) is 2.92. The minimum absolute atomic E-state index is 0.146. The van der Waals surface area contributed by atoms with E-state index >= 15 is 0 Å². The molecule has 3 heterocycles. The Bertz CT molecular complexity index is 798. The van der Waals surface area contributed by atoms with Crippen molar-refractivity contribution in [1.82, 2.24) is 15.2 Å². The number of nitriles is 1. The van der Waals surface area contributed by atoms with E-state index in [1.54, 1.807) is 18.3 Å². The van der Waals surface area contributed by atoms with Gasteiger partial charge in [0.25, 0.3) is 5.91 Å². The van der Waals surface area contributed by atoms with Crippen molar-refractivity contribution in [2.24, 2.45) is 5.92 Å². The van der Waals surface area contributed by atoms with Crippen LogP contribution in [0.2, 0.25) is 0 Å². The molecule has 2 aliphatic heterocycles. The van der Waals surface area contributed by atoms with Gasteiger partial charge in [0.1, 0.15) is 5.69 Å². The number of fused-ring (bicyclic) bond motifs is 3. The highest BCUT2D eigenvalue weighted by Gasteiger charge is 2.33. The zero-order valence-corrected chi connectivity index (χ0v) is 12.8. The van der Waals surface area contributed by atoms with E-state index in [2.05, 4.69) is 21.3 Å².